The van der Waals surface area contributed by atoms with Crippen LogP contribution in [0.5, 0.6) is 5.75 Å². The van der Waals surface area contributed by atoms with Crippen molar-refractivity contribution in [3.05, 3.63) is 28.8 Å². The van der Waals surface area contributed by atoms with E-state index >= 15 is 0 Å². The Labute approximate surface area is 123 Å². The van der Waals surface area contributed by atoms with E-state index < -0.39 is 0 Å². The quantitative estimate of drug-likeness (QED) is 0.758. The van der Waals surface area contributed by atoms with Crippen molar-refractivity contribution in [2.24, 2.45) is 0 Å². The number of hydrogen-bond donors (Lipinski definition) is 2. The molecule has 1 N–H and O–H groups in total. The molecule has 0 saturated carbocycles. The smallest absolute Gasteiger partial charge is 0.123 e. The van der Waals surface area contributed by atoms with Gasteiger partial charge in [0.05, 0.1) is 0 Å². The van der Waals surface area contributed by atoms with Gasteiger partial charge in [0.25, 0.3) is 0 Å². The average Bonchev–Trinajstić information content (AvgIpc) is 2.24. The number of benzene rings is 1. The summed E-state index contributed by atoms with van der Waals surface area (Å²) >= 11 is 4.29. The second-order valence-electron chi connectivity index (χ2n) is 7.37. The van der Waals surface area contributed by atoms with Crippen LogP contribution in [0.3, 0.4) is 0 Å². The molecule has 108 valence electrons. The molecule has 19 heavy (non-hydrogen) atoms. The molecule has 0 amide bonds. The van der Waals surface area contributed by atoms with Crippen LogP contribution in [-0.2, 0) is 17.3 Å². The van der Waals surface area contributed by atoms with Crippen molar-refractivity contribution in [1.29, 1.82) is 0 Å². The number of aromatic hydroxyl groups is 1. The molecule has 0 aliphatic carbocycles. The fourth-order valence-electron chi connectivity index (χ4n) is 2.27. The molecule has 0 radical (unpaired) electrons. The van der Waals surface area contributed by atoms with Crippen molar-refractivity contribution < 1.29 is 5.11 Å². The minimum Gasteiger partial charge on any atom is -0.507 e. The first-order chi connectivity index (χ1) is 8.57. The highest BCUT2D eigenvalue weighted by Crippen LogP contribution is 2.39. The number of rotatable bonds is 3. The molecule has 0 unspecified atom stereocenters. The zero-order chi connectivity index (χ0) is 14.8. The van der Waals surface area contributed by atoms with Crippen LogP contribution in [0.15, 0.2) is 12.1 Å². The largest absolute Gasteiger partial charge is 0.507 e. The van der Waals surface area contributed by atoms with E-state index in [0.29, 0.717) is 5.75 Å². The highest BCUT2D eigenvalue weighted by molar-refractivity contribution is 7.80. The third kappa shape index (κ3) is 4.17. The molecule has 0 aromatic heterocycles. The van der Waals surface area contributed by atoms with Crippen molar-refractivity contribution in [2.45, 2.75) is 65.2 Å². The van der Waals surface area contributed by atoms with E-state index in [1.165, 1.54) is 5.56 Å². The number of aryl methyl sites for hydroxylation is 1. The van der Waals surface area contributed by atoms with Crippen LogP contribution in [-0.4, -0.2) is 10.9 Å². The lowest BCUT2D eigenvalue weighted by atomic mass is 9.78. The molecule has 0 saturated heterocycles. The molecule has 1 rings (SSSR count). The van der Waals surface area contributed by atoms with E-state index in [1.807, 2.05) is 0 Å². The van der Waals surface area contributed by atoms with Crippen molar-refractivity contribution in [3.63, 3.8) is 0 Å². The van der Waals surface area contributed by atoms with Gasteiger partial charge in [-0.3, -0.25) is 0 Å². The van der Waals surface area contributed by atoms with Gasteiger partial charge in [-0.15, -0.1) is 0 Å². The van der Waals surface area contributed by atoms with E-state index in [2.05, 4.69) is 66.3 Å². The lowest BCUT2D eigenvalue weighted by Gasteiger charge is -2.28. The Bertz CT molecular complexity index is 401. The third-order valence-electron chi connectivity index (χ3n) is 3.41. The zero-order valence-corrected chi connectivity index (χ0v) is 14.1. The first-order valence-corrected chi connectivity index (χ1v) is 7.68. The first kappa shape index (κ1) is 16.4. The van der Waals surface area contributed by atoms with E-state index in [9.17, 15) is 5.11 Å². The van der Waals surface area contributed by atoms with Gasteiger partial charge in [-0.25, -0.2) is 0 Å². The Morgan fingerprint density at radius 2 is 1.37 bits per heavy atom. The Morgan fingerprint density at radius 3 is 1.68 bits per heavy atom. The molecular formula is C17H28OS. The summed E-state index contributed by atoms with van der Waals surface area (Å²) in [5.74, 6) is 1.37. The third-order valence-corrected chi connectivity index (χ3v) is 3.73. The highest BCUT2D eigenvalue weighted by Gasteiger charge is 2.26. The number of phenols is 1. The second kappa shape index (κ2) is 5.78. The SMILES string of the molecule is CC(C)(C)c1cc(CCCS)cc(C(C)(C)C)c1O. The fourth-order valence-corrected chi connectivity index (χ4v) is 2.42. The summed E-state index contributed by atoms with van der Waals surface area (Å²) < 4.78 is 0. The Morgan fingerprint density at radius 1 is 0.947 bits per heavy atom. The van der Waals surface area contributed by atoms with E-state index in [-0.39, 0.29) is 10.8 Å². The van der Waals surface area contributed by atoms with Gasteiger partial charge < -0.3 is 5.11 Å². The Hall–Kier alpha value is -0.630. The average molecular weight is 280 g/mol. The molecule has 0 heterocycles. The molecule has 1 nitrogen and oxygen atoms in total. The van der Waals surface area contributed by atoms with Crippen molar-refractivity contribution in [3.8, 4) is 5.75 Å². The minimum atomic E-state index is -0.0406. The van der Waals surface area contributed by atoms with Crippen LogP contribution in [0.2, 0.25) is 0 Å². The van der Waals surface area contributed by atoms with Gasteiger partial charge in [-0.05, 0) is 46.1 Å². The predicted molar refractivity (Wildman–Crippen MR) is 87.7 cm³/mol. The molecule has 2 heteroatoms. The van der Waals surface area contributed by atoms with Gasteiger partial charge in [0, 0.05) is 0 Å². The van der Waals surface area contributed by atoms with E-state index in [4.69, 9.17) is 0 Å². The van der Waals surface area contributed by atoms with E-state index in [0.717, 1.165) is 29.7 Å². The summed E-state index contributed by atoms with van der Waals surface area (Å²) in [6.07, 6.45) is 2.09. The van der Waals surface area contributed by atoms with Gasteiger partial charge >= 0.3 is 0 Å². The number of phenolic OH excluding ortho intramolecular Hbond substituents is 1. The standard InChI is InChI=1S/C17H28OS/c1-16(2,3)13-10-12(8-7-9-19)11-14(15(13)18)17(4,5)6/h10-11,18-19H,7-9H2,1-6H3. The summed E-state index contributed by atoms with van der Waals surface area (Å²) in [4.78, 5) is 0. The van der Waals surface area contributed by atoms with Gasteiger partial charge in [-0.1, -0.05) is 53.7 Å². The molecule has 0 spiro atoms. The van der Waals surface area contributed by atoms with Crippen LogP contribution >= 0.6 is 12.6 Å². The molecule has 1 aromatic rings. The molecule has 0 fully saturated rings. The van der Waals surface area contributed by atoms with Crippen molar-refractivity contribution in [1.82, 2.24) is 0 Å². The molecule has 0 aliphatic rings. The highest BCUT2D eigenvalue weighted by atomic mass is 32.1. The normalized spacial score (nSPS) is 12.8. The Kier molecular flexibility index (Phi) is 5.00. The first-order valence-electron chi connectivity index (χ1n) is 7.05. The summed E-state index contributed by atoms with van der Waals surface area (Å²) in [6, 6.07) is 4.32. The second-order valence-corrected chi connectivity index (χ2v) is 7.81. The summed E-state index contributed by atoms with van der Waals surface area (Å²) in [6.45, 7) is 12.9. The summed E-state index contributed by atoms with van der Waals surface area (Å²) in [5, 5.41) is 10.6. The van der Waals surface area contributed by atoms with Gasteiger partial charge in [-0.2, -0.15) is 12.6 Å². The minimum absolute atomic E-state index is 0.0406. The molecule has 0 bridgehead atoms. The zero-order valence-electron chi connectivity index (χ0n) is 13.2. The summed E-state index contributed by atoms with van der Waals surface area (Å²) in [7, 11) is 0. The topological polar surface area (TPSA) is 20.2 Å². The molecule has 0 aliphatic heterocycles. The van der Waals surface area contributed by atoms with Gasteiger partial charge in [0.15, 0.2) is 0 Å². The lowest BCUT2D eigenvalue weighted by molar-refractivity contribution is 0.422. The fraction of sp³-hybridized carbons (Fsp3) is 0.647. The monoisotopic (exact) mass is 280 g/mol. The van der Waals surface area contributed by atoms with Crippen LogP contribution in [0.1, 0.15) is 64.7 Å². The van der Waals surface area contributed by atoms with Crippen LogP contribution < -0.4 is 0 Å². The maximum Gasteiger partial charge on any atom is 0.123 e. The van der Waals surface area contributed by atoms with Gasteiger partial charge in [0.2, 0.25) is 0 Å². The van der Waals surface area contributed by atoms with E-state index in [1.54, 1.807) is 0 Å². The van der Waals surface area contributed by atoms with Gasteiger partial charge in [0.1, 0.15) is 5.75 Å². The van der Waals surface area contributed by atoms with Crippen LogP contribution in [0, 0.1) is 0 Å². The summed E-state index contributed by atoms with van der Waals surface area (Å²) in [5.41, 5.74) is 3.33. The van der Waals surface area contributed by atoms with Crippen molar-refractivity contribution >= 4 is 12.6 Å². The number of thiol groups is 1. The molecule has 0 atom stereocenters. The van der Waals surface area contributed by atoms with Crippen molar-refractivity contribution in [2.75, 3.05) is 5.75 Å². The molecular weight excluding hydrogens is 252 g/mol. The molecule has 1 aromatic carbocycles. The van der Waals surface area contributed by atoms with Crippen LogP contribution in [0.4, 0.5) is 0 Å². The Balaban J connectivity index is 3.39. The maximum atomic E-state index is 10.6. The maximum absolute atomic E-state index is 10.6. The van der Waals surface area contributed by atoms with Crippen LogP contribution in [0.25, 0.3) is 0 Å². The predicted octanol–water partition coefficient (Wildman–Crippen LogP) is 4.85. The number of hydrogen-bond acceptors (Lipinski definition) is 2. The lowest BCUT2D eigenvalue weighted by Crippen LogP contribution is -2.18.